The number of carbonyl (C=O) groups excluding carboxylic acids is 2. The molecule has 22 heavy (non-hydrogen) atoms. The molecule has 0 unspecified atom stereocenters. The van der Waals surface area contributed by atoms with Gasteiger partial charge in [0.15, 0.2) is 6.10 Å². The molecular formula is C16H14FNO4. The molecule has 1 atom stereocenters. The van der Waals surface area contributed by atoms with E-state index in [9.17, 15) is 19.1 Å². The van der Waals surface area contributed by atoms with Crippen molar-refractivity contribution in [2.75, 3.05) is 12.4 Å². The Morgan fingerprint density at radius 1 is 1.18 bits per heavy atom. The fourth-order valence-electron chi connectivity index (χ4n) is 1.85. The van der Waals surface area contributed by atoms with Gasteiger partial charge in [-0.25, -0.2) is 9.18 Å². The maximum Gasteiger partial charge on any atom is 0.337 e. The van der Waals surface area contributed by atoms with E-state index in [1.807, 2.05) is 0 Å². The predicted molar refractivity (Wildman–Crippen MR) is 77.8 cm³/mol. The van der Waals surface area contributed by atoms with Crippen molar-refractivity contribution in [1.29, 1.82) is 0 Å². The van der Waals surface area contributed by atoms with Crippen LogP contribution in [0.15, 0.2) is 48.5 Å². The van der Waals surface area contributed by atoms with Crippen molar-refractivity contribution in [3.8, 4) is 0 Å². The normalized spacial score (nSPS) is 11.6. The number of ether oxygens (including phenoxy) is 1. The molecule has 0 spiro atoms. The van der Waals surface area contributed by atoms with Crippen LogP contribution in [0.1, 0.15) is 22.0 Å². The molecule has 0 aromatic heterocycles. The predicted octanol–water partition coefficient (Wildman–Crippen LogP) is 2.28. The molecule has 114 valence electrons. The summed E-state index contributed by atoms with van der Waals surface area (Å²) in [5.74, 6) is -2.24. The second-order valence-corrected chi connectivity index (χ2v) is 4.49. The molecule has 2 aromatic carbocycles. The SMILES string of the molecule is COC(=O)c1ccc(NC(=O)[C@@H](O)c2ccccc2)c(F)c1. The van der Waals surface area contributed by atoms with E-state index < -0.39 is 23.8 Å². The second-order valence-electron chi connectivity index (χ2n) is 4.49. The largest absolute Gasteiger partial charge is 0.465 e. The van der Waals surface area contributed by atoms with E-state index in [2.05, 4.69) is 10.1 Å². The molecule has 2 aromatic rings. The van der Waals surface area contributed by atoms with Gasteiger partial charge in [0.1, 0.15) is 5.82 Å². The Bertz CT molecular complexity index is 688. The Morgan fingerprint density at radius 3 is 2.45 bits per heavy atom. The third-order valence-electron chi connectivity index (χ3n) is 3.01. The average molecular weight is 303 g/mol. The van der Waals surface area contributed by atoms with Crippen LogP contribution in [-0.2, 0) is 9.53 Å². The molecule has 0 aliphatic heterocycles. The van der Waals surface area contributed by atoms with Crippen molar-refractivity contribution in [2.45, 2.75) is 6.10 Å². The summed E-state index contributed by atoms with van der Waals surface area (Å²) in [5, 5.41) is 12.2. The first-order valence-electron chi connectivity index (χ1n) is 6.44. The van der Waals surface area contributed by atoms with Crippen molar-refractivity contribution >= 4 is 17.6 Å². The third-order valence-corrected chi connectivity index (χ3v) is 3.01. The van der Waals surface area contributed by atoms with Crippen LogP contribution >= 0.6 is 0 Å². The molecule has 0 bridgehead atoms. The van der Waals surface area contributed by atoms with E-state index in [4.69, 9.17) is 0 Å². The molecule has 2 N–H and O–H groups in total. The maximum atomic E-state index is 13.9. The highest BCUT2D eigenvalue weighted by molar-refractivity contribution is 5.95. The standard InChI is InChI=1S/C16H14FNO4/c1-22-16(21)11-7-8-13(12(17)9-11)18-15(20)14(19)10-5-3-2-4-6-10/h2-9,14,19H,1H3,(H,18,20)/t14-/m0/s1. The summed E-state index contributed by atoms with van der Waals surface area (Å²) in [6.07, 6.45) is -1.42. The summed E-state index contributed by atoms with van der Waals surface area (Å²) in [6, 6.07) is 11.8. The Kier molecular flexibility index (Phi) is 4.85. The minimum Gasteiger partial charge on any atom is -0.465 e. The lowest BCUT2D eigenvalue weighted by Crippen LogP contribution is -2.21. The maximum absolute atomic E-state index is 13.9. The number of anilines is 1. The van der Waals surface area contributed by atoms with Crippen LogP contribution in [0, 0.1) is 5.82 Å². The van der Waals surface area contributed by atoms with E-state index in [0.717, 1.165) is 6.07 Å². The fourth-order valence-corrected chi connectivity index (χ4v) is 1.85. The molecule has 0 fully saturated rings. The van der Waals surface area contributed by atoms with Gasteiger partial charge in [-0.3, -0.25) is 4.79 Å². The summed E-state index contributed by atoms with van der Waals surface area (Å²) in [4.78, 5) is 23.2. The van der Waals surface area contributed by atoms with E-state index in [1.54, 1.807) is 30.3 Å². The Hall–Kier alpha value is -2.73. The molecule has 0 heterocycles. The fraction of sp³-hybridized carbons (Fsp3) is 0.125. The van der Waals surface area contributed by atoms with Crippen molar-refractivity contribution in [3.05, 3.63) is 65.5 Å². The summed E-state index contributed by atoms with van der Waals surface area (Å²) in [5.41, 5.74) is 0.292. The molecule has 1 amide bonds. The van der Waals surface area contributed by atoms with E-state index in [0.29, 0.717) is 5.56 Å². The van der Waals surface area contributed by atoms with Crippen molar-refractivity contribution < 1.29 is 23.8 Å². The third kappa shape index (κ3) is 3.48. The highest BCUT2D eigenvalue weighted by Crippen LogP contribution is 2.19. The van der Waals surface area contributed by atoms with Gasteiger partial charge >= 0.3 is 5.97 Å². The number of aliphatic hydroxyl groups excluding tert-OH is 1. The van der Waals surface area contributed by atoms with E-state index in [-0.39, 0.29) is 11.3 Å². The molecule has 0 saturated carbocycles. The minimum absolute atomic E-state index is 0.0293. The van der Waals surface area contributed by atoms with Crippen LogP contribution in [0.2, 0.25) is 0 Å². The molecule has 6 heteroatoms. The summed E-state index contributed by atoms with van der Waals surface area (Å²) in [6.45, 7) is 0. The first-order valence-corrected chi connectivity index (χ1v) is 6.44. The topological polar surface area (TPSA) is 75.6 Å². The number of nitrogens with one attached hydrogen (secondary N) is 1. The second kappa shape index (κ2) is 6.82. The van der Waals surface area contributed by atoms with E-state index in [1.165, 1.54) is 19.2 Å². The zero-order valence-corrected chi connectivity index (χ0v) is 11.7. The Morgan fingerprint density at radius 2 is 1.86 bits per heavy atom. The van der Waals surface area contributed by atoms with Crippen LogP contribution in [0.5, 0.6) is 0 Å². The van der Waals surface area contributed by atoms with Crippen molar-refractivity contribution in [1.82, 2.24) is 0 Å². The lowest BCUT2D eigenvalue weighted by atomic mass is 10.1. The van der Waals surface area contributed by atoms with Gasteiger partial charge in [0.2, 0.25) is 0 Å². The van der Waals surface area contributed by atoms with Gasteiger partial charge < -0.3 is 15.2 Å². The Labute approximate surface area is 126 Å². The number of benzene rings is 2. The number of hydrogen-bond acceptors (Lipinski definition) is 4. The zero-order valence-electron chi connectivity index (χ0n) is 11.7. The van der Waals surface area contributed by atoms with Gasteiger partial charge in [0, 0.05) is 0 Å². The highest BCUT2D eigenvalue weighted by Gasteiger charge is 2.19. The minimum atomic E-state index is -1.42. The average Bonchev–Trinajstić information content (AvgIpc) is 2.55. The van der Waals surface area contributed by atoms with Crippen molar-refractivity contribution in [2.24, 2.45) is 0 Å². The van der Waals surface area contributed by atoms with E-state index >= 15 is 0 Å². The molecule has 5 nitrogen and oxygen atoms in total. The monoisotopic (exact) mass is 303 g/mol. The van der Waals surface area contributed by atoms with Gasteiger partial charge in [0.25, 0.3) is 5.91 Å². The number of carbonyl (C=O) groups is 2. The number of methoxy groups -OCH3 is 1. The summed E-state index contributed by atoms with van der Waals surface area (Å²) in [7, 11) is 1.19. The van der Waals surface area contributed by atoms with Crippen molar-refractivity contribution in [3.63, 3.8) is 0 Å². The number of amides is 1. The lowest BCUT2D eigenvalue weighted by molar-refractivity contribution is -0.124. The first-order chi connectivity index (χ1) is 10.5. The van der Waals surface area contributed by atoms with Gasteiger partial charge in [-0.2, -0.15) is 0 Å². The van der Waals surface area contributed by atoms with Crippen LogP contribution in [0.4, 0.5) is 10.1 Å². The van der Waals surface area contributed by atoms with Crippen LogP contribution in [0.25, 0.3) is 0 Å². The summed E-state index contributed by atoms with van der Waals surface area (Å²) >= 11 is 0. The molecule has 0 saturated heterocycles. The van der Waals surface area contributed by atoms with Gasteiger partial charge in [-0.15, -0.1) is 0 Å². The van der Waals surface area contributed by atoms with Gasteiger partial charge in [-0.1, -0.05) is 30.3 Å². The smallest absolute Gasteiger partial charge is 0.337 e. The van der Waals surface area contributed by atoms with Gasteiger partial charge in [-0.05, 0) is 23.8 Å². The Balaban J connectivity index is 2.13. The molecule has 2 rings (SSSR count). The number of esters is 1. The lowest BCUT2D eigenvalue weighted by Gasteiger charge is -2.12. The zero-order chi connectivity index (χ0) is 16.1. The molecule has 0 aliphatic rings. The quantitative estimate of drug-likeness (QED) is 0.850. The van der Waals surface area contributed by atoms with Crippen LogP contribution in [-0.4, -0.2) is 24.1 Å². The first kappa shape index (κ1) is 15.7. The molecule has 0 aliphatic carbocycles. The molecular weight excluding hydrogens is 289 g/mol. The van der Waals surface area contributed by atoms with Gasteiger partial charge in [0.05, 0.1) is 18.4 Å². The summed E-state index contributed by atoms with van der Waals surface area (Å²) < 4.78 is 18.3. The number of halogens is 1. The number of hydrogen-bond donors (Lipinski definition) is 2. The molecule has 0 radical (unpaired) electrons. The highest BCUT2D eigenvalue weighted by atomic mass is 19.1. The number of aliphatic hydroxyl groups is 1. The number of rotatable bonds is 4. The van der Waals surface area contributed by atoms with Crippen LogP contribution < -0.4 is 5.32 Å². The van der Waals surface area contributed by atoms with Crippen LogP contribution in [0.3, 0.4) is 0 Å².